The van der Waals surface area contributed by atoms with Gasteiger partial charge in [0.25, 0.3) is 0 Å². The van der Waals surface area contributed by atoms with Crippen LogP contribution >= 0.6 is 15.9 Å². The standard InChI is InChI=1S/C15H21BrN2O3S/c1-15(2,14(19)18-9-3-4-12(17)10-18)22(20,21)13-7-5-11(16)6-8-13/h5-8,12H,3-4,9-10,17H2,1-2H3/t12-/m0/s1. The largest absolute Gasteiger partial charge is 0.340 e. The number of nitrogens with zero attached hydrogens (tertiary/aromatic N) is 1. The van der Waals surface area contributed by atoms with Gasteiger partial charge in [0.1, 0.15) is 4.75 Å². The van der Waals surface area contributed by atoms with Crippen LogP contribution in [0.25, 0.3) is 0 Å². The second-order valence-corrected chi connectivity index (χ2v) is 9.54. The molecule has 1 aliphatic heterocycles. The molecule has 7 heteroatoms. The van der Waals surface area contributed by atoms with Crippen molar-refractivity contribution in [1.82, 2.24) is 4.90 Å². The molecule has 5 nitrogen and oxygen atoms in total. The molecule has 0 bridgehead atoms. The van der Waals surface area contributed by atoms with E-state index in [2.05, 4.69) is 15.9 Å². The predicted octanol–water partition coefficient (Wildman–Crippen LogP) is 1.95. The minimum Gasteiger partial charge on any atom is -0.340 e. The van der Waals surface area contributed by atoms with Gasteiger partial charge >= 0.3 is 0 Å². The van der Waals surface area contributed by atoms with Crippen LogP contribution < -0.4 is 5.73 Å². The summed E-state index contributed by atoms with van der Waals surface area (Å²) in [5.41, 5.74) is 5.89. The molecule has 1 heterocycles. The first-order valence-electron chi connectivity index (χ1n) is 7.21. The van der Waals surface area contributed by atoms with E-state index in [1.807, 2.05) is 0 Å². The van der Waals surface area contributed by atoms with Gasteiger partial charge in [0.2, 0.25) is 5.91 Å². The lowest BCUT2D eigenvalue weighted by atomic mass is 10.0. The van der Waals surface area contributed by atoms with Crippen molar-refractivity contribution < 1.29 is 13.2 Å². The molecule has 22 heavy (non-hydrogen) atoms. The van der Waals surface area contributed by atoms with Gasteiger partial charge in [-0.05, 0) is 51.0 Å². The van der Waals surface area contributed by atoms with E-state index < -0.39 is 14.6 Å². The molecule has 1 amide bonds. The van der Waals surface area contributed by atoms with Crippen LogP contribution in [0.15, 0.2) is 33.6 Å². The van der Waals surface area contributed by atoms with Crippen LogP contribution in [0.5, 0.6) is 0 Å². The SMILES string of the molecule is CC(C)(C(=O)N1CCC[C@H](N)C1)S(=O)(=O)c1ccc(Br)cc1. The summed E-state index contributed by atoms with van der Waals surface area (Å²) >= 11 is 3.28. The number of carbonyl (C=O) groups excluding carboxylic acids is 1. The molecule has 1 aliphatic rings. The second-order valence-electron chi connectivity index (χ2n) is 6.12. The van der Waals surface area contributed by atoms with E-state index in [9.17, 15) is 13.2 Å². The summed E-state index contributed by atoms with van der Waals surface area (Å²) in [5.74, 6) is -0.384. The Bertz CT molecular complexity index is 656. The van der Waals surface area contributed by atoms with Gasteiger partial charge in [0.15, 0.2) is 9.84 Å². The van der Waals surface area contributed by atoms with Crippen LogP contribution in [-0.2, 0) is 14.6 Å². The Morgan fingerprint density at radius 3 is 2.45 bits per heavy atom. The van der Waals surface area contributed by atoms with Gasteiger partial charge in [-0.1, -0.05) is 15.9 Å². The molecule has 0 aliphatic carbocycles. The highest BCUT2D eigenvalue weighted by molar-refractivity contribution is 9.10. The first kappa shape index (κ1) is 17.4. The lowest BCUT2D eigenvalue weighted by Gasteiger charge is -2.36. The number of nitrogens with two attached hydrogens (primary N) is 1. The minimum absolute atomic E-state index is 0.0797. The minimum atomic E-state index is -3.77. The van der Waals surface area contributed by atoms with E-state index in [4.69, 9.17) is 5.73 Å². The summed E-state index contributed by atoms with van der Waals surface area (Å²) in [5, 5.41) is 0. The summed E-state index contributed by atoms with van der Waals surface area (Å²) in [6, 6.07) is 6.25. The summed E-state index contributed by atoms with van der Waals surface area (Å²) in [6.07, 6.45) is 1.67. The topological polar surface area (TPSA) is 80.5 Å². The average molecular weight is 389 g/mol. The molecule has 0 saturated carbocycles. The van der Waals surface area contributed by atoms with Gasteiger partial charge in [-0.25, -0.2) is 8.42 Å². The second kappa shape index (κ2) is 6.29. The molecule has 122 valence electrons. The van der Waals surface area contributed by atoms with Gasteiger partial charge in [0, 0.05) is 23.6 Å². The van der Waals surface area contributed by atoms with E-state index >= 15 is 0 Å². The zero-order valence-electron chi connectivity index (χ0n) is 12.8. The molecule has 1 fully saturated rings. The molecular formula is C15H21BrN2O3S. The number of amides is 1. The van der Waals surface area contributed by atoms with Crippen molar-refractivity contribution in [3.05, 3.63) is 28.7 Å². The number of benzene rings is 1. The Kier molecular flexibility index (Phi) is 4.99. The Labute approximate surface area is 139 Å². The Morgan fingerprint density at radius 2 is 1.91 bits per heavy atom. The van der Waals surface area contributed by atoms with Crippen molar-refractivity contribution in [2.45, 2.75) is 42.4 Å². The van der Waals surface area contributed by atoms with E-state index in [-0.39, 0.29) is 16.8 Å². The zero-order valence-corrected chi connectivity index (χ0v) is 15.2. The molecule has 1 aromatic carbocycles. The number of hydrogen-bond acceptors (Lipinski definition) is 4. The highest BCUT2D eigenvalue weighted by atomic mass is 79.9. The van der Waals surface area contributed by atoms with Gasteiger partial charge < -0.3 is 10.6 Å². The van der Waals surface area contributed by atoms with Crippen molar-refractivity contribution in [2.24, 2.45) is 5.73 Å². The van der Waals surface area contributed by atoms with Crippen LogP contribution in [0.1, 0.15) is 26.7 Å². The monoisotopic (exact) mass is 388 g/mol. The van der Waals surface area contributed by atoms with E-state index in [0.29, 0.717) is 13.1 Å². The highest BCUT2D eigenvalue weighted by Crippen LogP contribution is 2.29. The third-order valence-electron chi connectivity index (χ3n) is 4.06. The van der Waals surface area contributed by atoms with Crippen LogP contribution in [0, 0.1) is 0 Å². The predicted molar refractivity (Wildman–Crippen MR) is 89.2 cm³/mol. The fourth-order valence-electron chi connectivity index (χ4n) is 2.60. The first-order chi connectivity index (χ1) is 10.2. The van der Waals surface area contributed by atoms with Crippen LogP contribution in [-0.4, -0.2) is 43.1 Å². The van der Waals surface area contributed by atoms with Crippen molar-refractivity contribution in [2.75, 3.05) is 13.1 Å². The molecule has 0 unspecified atom stereocenters. The average Bonchev–Trinajstić information content (AvgIpc) is 2.46. The van der Waals surface area contributed by atoms with Crippen molar-refractivity contribution in [3.63, 3.8) is 0 Å². The maximum atomic E-state index is 12.8. The summed E-state index contributed by atoms with van der Waals surface area (Å²) < 4.78 is 24.9. The summed E-state index contributed by atoms with van der Waals surface area (Å²) in [7, 11) is -3.77. The maximum absolute atomic E-state index is 12.8. The summed E-state index contributed by atoms with van der Waals surface area (Å²) in [4.78, 5) is 14.5. The molecule has 0 spiro atoms. The highest BCUT2D eigenvalue weighted by Gasteiger charge is 2.45. The fourth-order valence-corrected chi connectivity index (χ4v) is 4.31. The zero-order chi connectivity index (χ0) is 16.5. The molecule has 1 aromatic rings. The number of rotatable bonds is 3. The Balaban J connectivity index is 2.31. The molecule has 2 N–H and O–H groups in total. The fraction of sp³-hybridized carbons (Fsp3) is 0.533. The van der Waals surface area contributed by atoms with E-state index in [1.54, 1.807) is 17.0 Å². The number of likely N-dealkylation sites (tertiary alicyclic amines) is 1. The van der Waals surface area contributed by atoms with E-state index in [1.165, 1.54) is 26.0 Å². The third kappa shape index (κ3) is 3.21. The van der Waals surface area contributed by atoms with Gasteiger partial charge in [-0.3, -0.25) is 4.79 Å². The van der Waals surface area contributed by atoms with Gasteiger partial charge in [0.05, 0.1) is 4.90 Å². The normalized spacial score (nSPS) is 20.0. The van der Waals surface area contributed by atoms with Crippen molar-refractivity contribution >= 4 is 31.7 Å². The molecule has 0 radical (unpaired) electrons. The Hall–Kier alpha value is -0.920. The molecule has 0 aromatic heterocycles. The number of piperidine rings is 1. The lowest BCUT2D eigenvalue weighted by Crippen LogP contribution is -2.54. The molecule has 1 saturated heterocycles. The molecular weight excluding hydrogens is 368 g/mol. The van der Waals surface area contributed by atoms with Crippen LogP contribution in [0.3, 0.4) is 0 Å². The van der Waals surface area contributed by atoms with Crippen molar-refractivity contribution in [1.29, 1.82) is 0 Å². The number of sulfone groups is 1. The van der Waals surface area contributed by atoms with Crippen LogP contribution in [0.2, 0.25) is 0 Å². The van der Waals surface area contributed by atoms with Crippen molar-refractivity contribution in [3.8, 4) is 0 Å². The van der Waals surface area contributed by atoms with Crippen LogP contribution in [0.4, 0.5) is 0 Å². The maximum Gasteiger partial charge on any atom is 0.243 e. The number of halogens is 1. The van der Waals surface area contributed by atoms with Gasteiger partial charge in [-0.15, -0.1) is 0 Å². The lowest BCUT2D eigenvalue weighted by molar-refractivity contribution is -0.134. The summed E-state index contributed by atoms with van der Waals surface area (Å²) in [6.45, 7) is 3.91. The third-order valence-corrected chi connectivity index (χ3v) is 7.00. The Morgan fingerprint density at radius 1 is 1.32 bits per heavy atom. The first-order valence-corrected chi connectivity index (χ1v) is 9.49. The smallest absolute Gasteiger partial charge is 0.243 e. The van der Waals surface area contributed by atoms with E-state index in [0.717, 1.165) is 17.3 Å². The molecule has 2 rings (SSSR count). The quantitative estimate of drug-likeness (QED) is 0.857. The van der Waals surface area contributed by atoms with Gasteiger partial charge in [-0.2, -0.15) is 0 Å². The molecule has 1 atom stereocenters. The number of hydrogen-bond donors (Lipinski definition) is 1. The number of carbonyl (C=O) groups is 1.